The lowest BCUT2D eigenvalue weighted by Crippen LogP contribution is -2.30. The van der Waals surface area contributed by atoms with Crippen LogP contribution in [-0.4, -0.2) is 12.6 Å². The predicted octanol–water partition coefficient (Wildman–Crippen LogP) is 4.52. The van der Waals surface area contributed by atoms with Crippen LogP contribution in [0.25, 0.3) is 0 Å². The molecule has 0 atom stereocenters. The van der Waals surface area contributed by atoms with Crippen molar-refractivity contribution in [2.75, 3.05) is 6.54 Å². The van der Waals surface area contributed by atoms with Gasteiger partial charge in [-0.2, -0.15) is 0 Å². The van der Waals surface area contributed by atoms with Gasteiger partial charge in [0.05, 0.1) is 0 Å². The fourth-order valence-electron chi connectivity index (χ4n) is 2.64. The van der Waals surface area contributed by atoms with Gasteiger partial charge in [0.15, 0.2) is 0 Å². The summed E-state index contributed by atoms with van der Waals surface area (Å²) in [7, 11) is 0. The smallest absolute Gasteiger partial charge is 0.00670 e. The topological polar surface area (TPSA) is 12.0 Å². The van der Waals surface area contributed by atoms with Gasteiger partial charge in [0.25, 0.3) is 0 Å². The van der Waals surface area contributed by atoms with E-state index in [2.05, 4.69) is 19.2 Å². The first-order chi connectivity index (χ1) is 7.79. The fourth-order valence-corrected chi connectivity index (χ4v) is 2.64. The minimum atomic E-state index is 0.833. The lowest BCUT2D eigenvalue weighted by atomic mass is 9.96. The van der Waals surface area contributed by atoms with Gasteiger partial charge < -0.3 is 5.32 Å². The standard InChI is InChI=1S/C15H31N/c1-14(2)10-8-9-13-16-15-11-6-4-3-5-7-12-15/h14-16H,3-13H2,1-2H3. The molecule has 96 valence electrons. The SMILES string of the molecule is CC(C)CCCCNC1CCCCCCC1. The molecule has 0 heterocycles. The van der Waals surface area contributed by atoms with Crippen LogP contribution in [0.1, 0.15) is 78.1 Å². The first kappa shape index (κ1) is 14.0. The molecule has 1 saturated carbocycles. The molecule has 0 aromatic heterocycles. The zero-order valence-corrected chi connectivity index (χ0v) is 11.4. The molecule has 16 heavy (non-hydrogen) atoms. The van der Waals surface area contributed by atoms with E-state index in [4.69, 9.17) is 0 Å². The molecule has 0 bridgehead atoms. The van der Waals surface area contributed by atoms with Crippen LogP contribution in [0.5, 0.6) is 0 Å². The number of hydrogen-bond acceptors (Lipinski definition) is 1. The van der Waals surface area contributed by atoms with E-state index in [1.54, 1.807) is 0 Å². The maximum atomic E-state index is 3.76. The van der Waals surface area contributed by atoms with E-state index in [9.17, 15) is 0 Å². The highest BCUT2D eigenvalue weighted by atomic mass is 14.9. The van der Waals surface area contributed by atoms with Crippen LogP contribution in [0.15, 0.2) is 0 Å². The van der Waals surface area contributed by atoms with Crippen LogP contribution < -0.4 is 5.32 Å². The van der Waals surface area contributed by atoms with Crippen molar-refractivity contribution >= 4 is 0 Å². The van der Waals surface area contributed by atoms with Crippen LogP contribution in [-0.2, 0) is 0 Å². The summed E-state index contributed by atoms with van der Waals surface area (Å²) in [5.41, 5.74) is 0. The van der Waals surface area contributed by atoms with Crippen molar-refractivity contribution in [2.45, 2.75) is 84.1 Å². The molecular formula is C15H31N. The van der Waals surface area contributed by atoms with Crippen molar-refractivity contribution in [3.63, 3.8) is 0 Å². The first-order valence-corrected chi connectivity index (χ1v) is 7.52. The van der Waals surface area contributed by atoms with E-state index < -0.39 is 0 Å². The minimum Gasteiger partial charge on any atom is -0.314 e. The molecule has 1 rings (SSSR count). The van der Waals surface area contributed by atoms with Crippen molar-refractivity contribution in [3.05, 3.63) is 0 Å². The second-order valence-electron chi connectivity index (χ2n) is 5.89. The Morgan fingerprint density at radius 1 is 0.938 bits per heavy atom. The number of nitrogens with one attached hydrogen (secondary N) is 1. The van der Waals surface area contributed by atoms with Gasteiger partial charge in [-0.1, -0.05) is 58.8 Å². The summed E-state index contributed by atoms with van der Waals surface area (Å²) in [5.74, 6) is 0.876. The van der Waals surface area contributed by atoms with E-state index in [1.165, 1.54) is 70.8 Å². The van der Waals surface area contributed by atoms with Gasteiger partial charge in [-0.05, 0) is 31.7 Å². The molecule has 0 unspecified atom stereocenters. The maximum absolute atomic E-state index is 3.76. The highest BCUT2D eigenvalue weighted by Crippen LogP contribution is 2.17. The first-order valence-electron chi connectivity index (χ1n) is 7.52. The molecule has 1 fully saturated rings. The van der Waals surface area contributed by atoms with Gasteiger partial charge in [-0.15, -0.1) is 0 Å². The summed E-state index contributed by atoms with van der Waals surface area (Å²) in [6.45, 7) is 5.89. The summed E-state index contributed by atoms with van der Waals surface area (Å²) in [6, 6.07) is 0.833. The van der Waals surface area contributed by atoms with Crippen molar-refractivity contribution in [3.8, 4) is 0 Å². The Hall–Kier alpha value is -0.0400. The Bertz CT molecular complexity index is 146. The molecule has 0 aromatic carbocycles. The van der Waals surface area contributed by atoms with Crippen LogP contribution in [0.4, 0.5) is 0 Å². The van der Waals surface area contributed by atoms with E-state index in [-0.39, 0.29) is 0 Å². The van der Waals surface area contributed by atoms with Gasteiger partial charge in [-0.3, -0.25) is 0 Å². The molecule has 0 saturated heterocycles. The zero-order chi connectivity index (χ0) is 11.6. The van der Waals surface area contributed by atoms with E-state index >= 15 is 0 Å². The van der Waals surface area contributed by atoms with Crippen molar-refractivity contribution in [1.82, 2.24) is 5.32 Å². The highest BCUT2D eigenvalue weighted by molar-refractivity contribution is 4.69. The number of rotatable bonds is 6. The second-order valence-corrected chi connectivity index (χ2v) is 5.89. The van der Waals surface area contributed by atoms with Gasteiger partial charge >= 0.3 is 0 Å². The maximum Gasteiger partial charge on any atom is 0.00670 e. The highest BCUT2D eigenvalue weighted by Gasteiger charge is 2.09. The Balaban J connectivity index is 1.97. The zero-order valence-electron chi connectivity index (χ0n) is 11.4. The quantitative estimate of drug-likeness (QED) is 0.656. The third-order valence-electron chi connectivity index (χ3n) is 3.75. The van der Waals surface area contributed by atoms with Gasteiger partial charge in [0, 0.05) is 6.04 Å². The Morgan fingerprint density at radius 3 is 2.19 bits per heavy atom. The van der Waals surface area contributed by atoms with Crippen LogP contribution in [0.2, 0.25) is 0 Å². The molecule has 1 aliphatic rings. The van der Waals surface area contributed by atoms with Crippen LogP contribution in [0, 0.1) is 5.92 Å². The van der Waals surface area contributed by atoms with Crippen LogP contribution >= 0.6 is 0 Å². The van der Waals surface area contributed by atoms with Crippen LogP contribution in [0.3, 0.4) is 0 Å². The van der Waals surface area contributed by atoms with E-state index in [0.717, 1.165) is 12.0 Å². The summed E-state index contributed by atoms with van der Waals surface area (Å²) < 4.78 is 0. The largest absolute Gasteiger partial charge is 0.314 e. The molecule has 1 aliphatic carbocycles. The fraction of sp³-hybridized carbons (Fsp3) is 1.00. The third-order valence-corrected chi connectivity index (χ3v) is 3.75. The summed E-state index contributed by atoms with van der Waals surface area (Å²) in [6.07, 6.45) is 14.3. The number of hydrogen-bond donors (Lipinski definition) is 1. The summed E-state index contributed by atoms with van der Waals surface area (Å²) >= 11 is 0. The molecule has 1 heteroatoms. The number of unbranched alkanes of at least 4 members (excludes halogenated alkanes) is 1. The Morgan fingerprint density at radius 2 is 1.56 bits per heavy atom. The van der Waals surface area contributed by atoms with Crippen molar-refractivity contribution in [2.24, 2.45) is 5.92 Å². The Labute approximate surface area is 102 Å². The lowest BCUT2D eigenvalue weighted by molar-refractivity contribution is 0.384. The minimum absolute atomic E-state index is 0.833. The van der Waals surface area contributed by atoms with Gasteiger partial charge in [0.1, 0.15) is 0 Å². The Kier molecular flexibility index (Phi) is 7.92. The van der Waals surface area contributed by atoms with Gasteiger partial charge in [0.2, 0.25) is 0 Å². The normalized spacial score (nSPS) is 19.7. The molecule has 1 N–H and O–H groups in total. The summed E-state index contributed by atoms with van der Waals surface area (Å²) in [4.78, 5) is 0. The van der Waals surface area contributed by atoms with E-state index in [0.29, 0.717) is 0 Å². The van der Waals surface area contributed by atoms with Crippen molar-refractivity contribution < 1.29 is 0 Å². The monoisotopic (exact) mass is 225 g/mol. The average Bonchev–Trinajstić information content (AvgIpc) is 2.19. The molecule has 0 amide bonds. The summed E-state index contributed by atoms with van der Waals surface area (Å²) in [5, 5.41) is 3.76. The molecule has 0 spiro atoms. The molecule has 1 nitrogen and oxygen atoms in total. The van der Waals surface area contributed by atoms with E-state index in [1.807, 2.05) is 0 Å². The second kappa shape index (κ2) is 9.04. The molecule has 0 aromatic rings. The predicted molar refractivity (Wildman–Crippen MR) is 72.8 cm³/mol. The lowest BCUT2D eigenvalue weighted by Gasteiger charge is -2.21. The van der Waals surface area contributed by atoms with Gasteiger partial charge in [-0.25, -0.2) is 0 Å². The average molecular weight is 225 g/mol. The molecule has 0 radical (unpaired) electrons. The molecular weight excluding hydrogens is 194 g/mol. The third kappa shape index (κ3) is 7.27. The molecule has 0 aliphatic heterocycles. The van der Waals surface area contributed by atoms with Crippen molar-refractivity contribution in [1.29, 1.82) is 0 Å².